The topological polar surface area (TPSA) is 52.3 Å². The minimum Gasteiger partial charge on any atom is -0.484 e. The van der Waals surface area contributed by atoms with E-state index in [2.05, 4.69) is 0 Å². The van der Waals surface area contributed by atoms with Crippen molar-refractivity contribution in [1.82, 2.24) is 0 Å². The normalized spacial score (nSPS) is 11.3. The van der Waals surface area contributed by atoms with Gasteiger partial charge in [0.05, 0.1) is 0 Å². The molecule has 22 heavy (non-hydrogen) atoms. The highest BCUT2D eigenvalue weighted by atomic mass is 19.4. The van der Waals surface area contributed by atoms with Crippen molar-refractivity contribution in [2.75, 3.05) is 6.61 Å². The monoisotopic (exact) mass is 309 g/mol. The molecule has 2 aromatic rings. The van der Waals surface area contributed by atoms with E-state index in [4.69, 9.17) is 10.5 Å². The second kappa shape index (κ2) is 6.09. The third-order valence-corrected chi connectivity index (χ3v) is 3.08. The van der Waals surface area contributed by atoms with E-state index >= 15 is 0 Å². The van der Waals surface area contributed by atoms with Crippen molar-refractivity contribution >= 4 is 5.91 Å². The minimum absolute atomic E-state index is 0.120. The van der Waals surface area contributed by atoms with Gasteiger partial charge in [0.25, 0.3) is 0 Å². The molecule has 0 saturated carbocycles. The predicted molar refractivity (Wildman–Crippen MR) is 76.7 cm³/mol. The smallest absolute Gasteiger partial charge is 0.422 e. The van der Waals surface area contributed by atoms with Crippen LogP contribution in [-0.4, -0.2) is 18.7 Å². The van der Waals surface area contributed by atoms with Crippen LogP contribution in [0.4, 0.5) is 13.2 Å². The summed E-state index contributed by atoms with van der Waals surface area (Å²) < 4.78 is 41.2. The van der Waals surface area contributed by atoms with Crippen molar-refractivity contribution in [3.63, 3.8) is 0 Å². The number of alkyl halides is 3. The second-order valence-electron chi connectivity index (χ2n) is 4.79. The Morgan fingerprint density at radius 2 is 1.82 bits per heavy atom. The second-order valence-corrected chi connectivity index (χ2v) is 4.79. The molecule has 3 nitrogen and oxygen atoms in total. The maximum atomic E-state index is 12.2. The van der Waals surface area contributed by atoms with E-state index in [1.165, 1.54) is 12.1 Å². The molecule has 0 aromatic heterocycles. The number of primary amides is 1. The molecule has 1 amide bonds. The zero-order chi connectivity index (χ0) is 16.3. The number of carbonyl (C=O) groups is 1. The van der Waals surface area contributed by atoms with E-state index in [1.807, 2.05) is 0 Å². The molecule has 0 heterocycles. The van der Waals surface area contributed by atoms with Crippen molar-refractivity contribution in [1.29, 1.82) is 0 Å². The largest absolute Gasteiger partial charge is 0.484 e. The van der Waals surface area contributed by atoms with Crippen LogP contribution in [0, 0.1) is 6.92 Å². The SMILES string of the molecule is Cc1cc(OCC(F)(F)F)ccc1-c1ccccc1C(N)=O. The Balaban J connectivity index is 2.33. The Hall–Kier alpha value is -2.50. The molecule has 116 valence electrons. The van der Waals surface area contributed by atoms with Crippen molar-refractivity contribution in [3.05, 3.63) is 53.6 Å². The fourth-order valence-corrected chi connectivity index (χ4v) is 2.13. The lowest BCUT2D eigenvalue weighted by molar-refractivity contribution is -0.153. The van der Waals surface area contributed by atoms with Crippen LogP contribution < -0.4 is 10.5 Å². The van der Waals surface area contributed by atoms with Gasteiger partial charge in [0.2, 0.25) is 5.91 Å². The van der Waals surface area contributed by atoms with Crippen LogP contribution in [0.1, 0.15) is 15.9 Å². The maximum absolute atomic E-state index is 12.2. The number of aryl methyl sites for hydroxylation is 1. The summed E-state index contributed by atoms with van der Waals surface area (Å²) in [5, 5.41) is 0. The van der Waals surface area contributed by atoms with Gasteiger partial charge in [-0.1, -0.05) is 24.3 Å². The number of halogens is 3. The Bertz CT molecular complexity index is 696. The third-order valence-electron chi connectivity index (χ3n) is 3.08. The van der Waals surface area contributed by atoms with Gasteiger partial charge in [-0.3, -0.25) is 4.79 Å². The van der Waals surface area contributed by atoms with Crippen LogP contribution in [0.3, 0.4) is 0 Å². The van der Waals surface area contributed by atoms with Crippen LogP contribution >= 0.6 is 0 Å². The molecule has 0 aliphatic heterocycles. The molecule has 0 saturated heterocycles. The molecule has 0 spiro atoms. The van der Waals surface area contributed by atoms with E-state index in [1.54, 1.807) is 37.3 Å². The Morgan fingerprint density at radius 1 is 1.14 bits per heavy atom. The van der Waals surface area contributed by atoms with Crippen LogP contribution in [0.25, 0.3) is 11.1 Å². The number of hydrogen-bond acceptors (Lipinski definition) is 2. The van der Waals surface area contributed by atoms with E-state index in [9.17, 15) is 18.0 Å². The summed E-state index contributed by atoms with van der Waals surface area (Å²) in [6.45, 7) is 0.386. The summed E-state index contributed by atoms with van der Waals surface area (Å²) >= 11 is 0. The Morgan fingerprint density at radius 3 is 2.41 bits per heavy atom. The summed E-state index contributed by atoms with van der Waals surface area (Å²) in [7, 11) is 0. The molecule has 0 fully saturated rings. The Kier molecular flexibility index (Phi) is 4.40. The summed E-state index contributed by atoms with van der Waals surface area (Å²) in [4.78, 5) is 11.5. The number of ether oxygens (including phenoxy) is 1. The maximum Gasteiger partial charge on any atom is 0.422 e. The first kappa shape index (κ1) is 15.9. The number of nitrogens with two attached hydrogens (primary N) is 1. The average Bonchev–Trinajstić information content (AvgIpc) is 2.44. The zero-order valence-electron chi connectivity index (χ0n) is 11.8. The number of amides is 1. The van der Waals surface area contributed by atoms with E-state index in [0.717, 1.165) is 0 Å². The minimum atomic E-state index is -4.38. The molecule has 0 bridgehead atoms. The van der Waals surface area contributed by atoms with Crippen molar-refractivity contribution in [2.24, 2.45) is 5.73 Å². The lowest BCUT2D eigenvalue weighted by Gasteiger charge is -2.13. The van der Waals surface area contributed by atoms with Gasteiger partial charge in [-0.15, -0.1) is 0 Å². The number of rotatable bonds is 4. The van der Waals surface area contributed by atoms with E-state index in [0.29, 0.717) is 22.3 Å². The Labute approximate surface area is 125 Å². The van der Waals surface area contributed by atoms with Gasteiger partial charge >= 0.3 is 6.18 Å². The van der Waals surface area contributed by atoms with E-state index in [-0.39, 0.29) is 5.75 Å². The van der Waals surface area contributed by atoms with Crippen LogP contribution in [0.5, 0.6) is 5.75 Å². The quantitative estimate of drug-likeness (QED) is 0.936. The first-order chi connectivity index (χ1) is 10.3. The van der Waals surface area contributed by atoms with Gasteiger partial charge in [-0.05, 0) is 41.8 Å². The molecule has 0 radical (unpaired) electrons. The first-order valence-corrected chi connectivity index (χ1v) is 6.47. The number of carbonyl (C=O) groups excluding carboxylic acids is 1. The lowest BCUT2D eigenvalue weighted by Crippen LogP contribution is -2.19. The third kappa shape index (κ3) is 3.78. The molecule has 0 aliphatic rings. The van der Waals surface area contributed by atoms with Gasteiger partial charge in [0, 0.05) is 5.56 Å². The summed E-state index contributed by atoms with van der Waals surface area (Å²) in [6, 6.07) is 11.3. The molecule has 2 rings (SSSR count). The highest BCUT2D eigenvalue weighted by Gasteiger charge is 2.28. The molecule has 0 unspecified atom stereocenters. The van der Waals surface area contributed by atoms with Crippen LogP contribution in [0.2, 0.25) is 0 Å². The molecule has 0 aliphatic carbocycles. The van der Waals surface area contributed by atoms with Crippen molar-refractivity contribution in [3.8, 4) is 16.9 Å². The predicted octanol–water partition coefficient (Wildman–Crippen LogP) is 3.70. The lowest BCUT2D eigenvalue weighted by atomic mass is 9.95. The molecule has 2 aromatic carbocycles. The van der Waals surface area contributed by atoms with E-state index < -0.39 is 18.7 Å². The number of benzene rings is 2. The van der Waals surface area contributed by atoms with Crippen molar-refractivity contribution in [2.45, 2.75) is 13.1 Å². The summed E-state index contributed by atoms with van der Waals surface area (Å²) in [5.41, 5.74) is 7.73. The van der Waals surface area contributed by atoms with Gasteiger partial charge in [-0.2, -0.15) is 13.2 Å². The van der Waals surface area contributed by atoms with Gasteiger partial charge in [-0.25, -0.2) is 0 Å². The highest BCUT2D eigenvalue weighted by Crippen LogP contribution is 2.30. The highest BCUT2D eigenvalue weighted by molar-refractivity contribution is 6.00. The molecular weight excluding hydrogens is 295 g/mol. The standard InChI is InChI=1S/C16H14F3NO2/c1-10-8-11(22-9-16(17,18)19)6-7-12(10)13-4-2-3-5-14(13)15(20)21/h2-8H,9H2,1H3,(H2,20,21). The van der Waals surface area contributed by atoms with Crippen LogP contribution in [0.15, 0.2) is 42.5 Å². The molecule has 6 heteroatoms. The van der Waals surface area contributed by atoms with Gasteiger partial charge < -0.3 is 10.5 Å². The summed E-state index contributed by atoms with van der Waals surface area (Å²) in [5.74, 6) is -0.442. The van der Waals surface area contributed by atoms with Crippen molar-refractivity contribution < 1.29 is 22.7 Å². The summed E-state index contributed by atoms with van der Waals surface area (Å²) in [6.07, 6.45) is -4.38. The van der Waals surface area contributed by atoms with Crippen LogP contribution in [-0.2, 0) is 0 Å². The molecule has 2 N–H and O–H groups in total. The van der Waals surface area contributed by atoms with Gasteiger partial charge in [0.1, 0.15) is 5.75 Å². The fourth-order valence-electron chi connectivity index (χ4n) is 2.13. The fraction of sp³-hybridized carbons (Fsp3) is 0.188. The average molecular weight is 309 g/mol. The number of hydrogen-bond donors (Lipinski definition) is 1. The first-order valence-electron chi connectivity index (χ1n) is 6.47. The molecular formula is C16H14F3NO2. The van der Waals surface area contributed by atoms with Gasteiger partial charge in [0.15, 0.2) is 6.61 Å². The molecule has 0 atom stereocenters. The zero-order valence-corrected chi connectivity index (χ0v) is 11.8.